The Morgan fingerprint density at radius 2 is 2.08 bits per heavy atom. The fraction of sp³-hybridized carbons (Fsp3) is 0.632. The number of benzene rings is 1. The maximum Gasteiger partial charge on any atom is 0.248 e. The van der Waals surface area contributed by atoms with Gasteiger partial charge in [-0.2, -0.15) is 0 Å². The van der Waals surface area contributed by atoms with Crippen LogP contribution in [0.15, 0.2) is 18.2 Å². The second-order valence-electron chi connectivity index (χ2n) is 6.48. The van der Waals surface area contributed by atoms with Gasteiger partial charge < -0.3 is 24.3 Å². The van der Waals surface area contributed by atoms with Crippen molar-refractivity contribution in [1.29, 1.82) is 0 Å². The molecule has 0 bridgehead atoms. The molecule has 6 nitrogen and oxygen atoms in total. The highest BCUT2D eigenvalue weighted by Gasteiger charge is 2.18. The molecule has 1 amide bonds. The van der Waals surface area contributed by atoms with Gasteiger partial charge in [0, 0.05) is 13.2 Å². The van der Waals surface area contributed by atoms with Crippen LogP contribution in [0.4, 0.5) is 0 Å². The predicted octanol–water partition coefficient (Wildman–Crippen LogP) is 2.09. The smallest absolute Gasteiger partial charge is 0.248 e. The molecular formula is C19H27NO5. The number of nitrogens with one attached hydrogen (secondary N) is 1. The molecule has 1 N–H and O–H groups in total. The summed E-state index contributed by atoms with van der Waals surface area (Å²) in [5.41, 5.74) is 1.11. The highest BCUT2D eigenvalue weighted by molar-refractivity contribution is 5.80. The molecule has 0 aromatic heterocycles. The van der Waals surface area contributed by atoms with Crippen LogP contribution in [-0.4, -0.2) is 51.1 Å². The number of fused-ring (bicyclic) bond motifs is 1. The summed E-state index contributed by atoms with van der Waals surface area (Å²) in [6.07, 6.45) is 3.70. The topological polar surface area (TPSA) is 66.0 Å². The van der Waals surface area contributed by atoms with Gasteiger partial charge in [0.15, 0.2) is 11.5 Å². The van der Waals surface area contributed by atoms with E-state index in [0.29, 0.717) is 26.4 Å². The van der Waals surface area contributed by atoms with Gasteiger partial charge in [-0.15, -0.1) is 0 Å². The summed E-state index contributed by atoms with van der Waals surface area (Å²) in [4.78, 5) is 12.1. The van der Waals surface area contributed by atoms with E-state index in [1.807, 2.05) is 18.2 Å². The Bertz CT molecular complexity index is 571. The average molecular weight is 349 g/mol. The van der Waals surface area contributed by atoms with E-state index in [4.69, 9.17) is 18.9 Å². The van der Waals surface area contributed by atoms with E-state index in [1.165, 1.54) is 6.42 Å². The predicted molar refractivity (Wildman–Crippen MR) is 93.2 cm³/mol. The maximum absolute atomic E-state index is 12.1. The van der Waals surface area contributed by atoms with E-state index in [-0.39, 0.29) is 12.0 Å². The quantitative estimate of drug-likeness (QED) is 0.816. The van der Waals surface area contributed by atoms with Crippen molar-refractivity contribution in [2.24, 2.45) is 0 Å². The Hall–Kier alpha value is -1.79. The highest BCUT2D eigenvalue weighted by atomic mass is 16.6. The molecule has 1 aromatic rings. The van der Waals surface area contributed by atoms with E-state index in [2.05, 4.69) is 5.32 Å². The number of carbonyl (C=O) groups is 1. The summed E-state index contributed by atoms with van der Waals surface area (Å²) in [5.74, 6) is 1.47. The molecule has 2 aliphatic rings. The van der Waals surface area contributed by atoms with E-state index in [1.54, 1.807) is 6.92 Å². The summed E-state index contributed by atoms with van der Waals surface area (Å²) in [6.45, 7) is 4.79. The molecule has 2 atom stereocenters. The highest BCUT2D eigenvalue weighted by Crippen LogP contribution is 2.30. The van der Waals surface area contributed by atoms with Crippen LogP contribution in [0.25, 0.3) is 0 Å². The van der Waals surface area contributed by atoms with Gasteiger partial charge in [0.2, 0.25) is 5.91 Å². The number of hydrogen-bond donors (Lipinski definition) is 1. The second-order valence-corrected chi connectivity index (χ2v) is 6.48. The van der Waals surface area contributed by atoms with E-state index in [9.17, 15) is 4.79 Å². The van der Waals surface area contributed by atoms with Crippen molar-refractivity contribution in [3.63, 3.8) is 0 Å². The normalized spacial score (nSPS) is 20.8. The molecule has 1 saturated heterocycles. The molecule has 1 aromatic carbocycles. The molecule has 0 aliphatic carbocycles. The van der Waals surface area contributed by atoms with Gasteiger partial charge >= 0.3 is 0 Å². The van der Waals surface area contributed by atoms with E-state index in [0.717, 1.165) is 42.9 Å². The molecule has 1 fully saturated rings. The monoisotopic (exact) mass is 349 g/mol. The van der Waals surface area contributed by atoms with Gasteiger partial charge in [-0.1, -0.05) is 6.07 Å². The molecule has 6 heteroatoms. The standard InChI is InChI=1S/C19H27NO5/c1-14(25-13-16-4-2-3-9-22-16)19(21)20-8-7-15-5-6-17-18(12-15)24-11-10-23-17/h5-6,12,14,16H,2-4,7-11,13H2,1H3,(H,20,21)/t14-,16-/m0/s1. The Kier molecular flexibility index (Phi) is 6.53. The van der Waals surface area contributed by atoms with Crippen molar-refractivity contribution in [3.05, 3.63) is 23.8 Å². The first-order chi connectivity index (χ1) is 12.2. The molecule has 3 rings (SSSR count). The SMILES string of the molecule is C[C@H](OC[C@@H]1CCCCO1)C(=O)NCCc1ccc2c(c1)OCCO2. The third kappa shape index (κ3) is 5.34. The number of ether oxygens (including phenoxy) is 4. The third-order valence-electron chi connectivity index (χ3n) is 4.49. The lowest BCUT2D eigenvalue weighted by molar-refractivity contribution is -0.135. The number of rotatable bonds is 7. The van der Waals surface area contributed by atoms with Crippen molar-refractivity contribution >= 4 is 5.91 Å². The molecule has 0 radical (unpaired) electrons. The first-order valence-corrected chi connectivity index (χ1v) is 9.12. The fourth-order valence-electron chi connectivity index (χ4n) is 2.98. The average Bonchev–Trinajstić information content (AvgIpc) is 2.66. The van der Waals surface area contributed by atoms with Crippen LogP contribution in [0.1, 0.15) is 31.7 Å². The molecule has 2 heterocycles. The first kappa shape index (κ1) is 18.0. The lowest BCUT2D eigenvalue weighted by Crippen LogP contribution is -2.37. The van der Waals surface area contributed by atoms with Crippen molar-refractivity contribution < 1.29 is 23.7 Å². The summed E-state index contributed by atoms with van der Waals surface area (Å²) < 4.78 is 22.3. The van der Waals surface area contributed by atoms with Gasteiger partial charge in [-0.3, -0.25) is 4.79 Å². The Morgan fingerprint density at radius 1 is 1.24 bits per heavy atom. The van der Waals surface area contributed by atoms with Crippen molar-refractivity contribution in [3.8, 4) is 11.5 Å². The number of amides is 1. The van der Waals surface area contributed by atoms with Crippen molar-refractivity contribution in [2.45, 2.75) is 44.8 Å². The summed E-state index contributed by atoms with van der Waals surface area (Å²) in [5, 5.41) is 2.92. The minimum atomic E-state index is -0.467. The first-order valence-electron chi connectivity index (χ1n) is 9.12. The van der Waals surface area contributed by atoms with Crippen LogP contribution in [-0.2, 0) is 20.7 Å². The maximum atomic E-state index is 12.1. The zero-order chi connectivity index (χ0) is 17.5. The van der Waals surface area contributed by atoms with Gasteiger partial charge in [0.25, 0.3) is 0 Å². The Morgan fingerprint density at radius 3 is 2.88 bits per heavy atom. The zero-order valence-electron chi connectivity index (χ0n) is 14.8. The minimum Gasteiger partial charge on any atom is -0.486 e. The van der Waals surface area contributed by atoms with Crippen LogP contribution in [0.2, 0.25) is 0 Å². The van der Waals surface area contributed by atoms with Crippen LogP contribution in [0.5, 0.6) is 11.5 Å². The molecular weight excluding hydrogens is 322 g/mol. The van der Waals surface area contributed by atoms with Gasteiger partial charge in [-0.25, -0.2) is 0 Å². The summed E-state index contributed by atoms with van der Waals surface area (Å²) in [6, 6.07) is 5.89. The molecule has 2 aliphatic heterocycles. The fourth-order valence-corrected chi connectivity index (χ4v) is 2.98. The third-order valence-corrected chi connectivity index (χ3v) is 4.49. The molecule has 138 valence electrons. The largest absolute Gasteiger partial charge is 0.486 e. The Labute approximate surface area is 148 Å². The van der Waals surface area contributed by atoms with Crippen molar-refractivity contribution in [1.82, 2.24) is 5.32 Å². The van der Waals surface area contributed by atoms with Gasteiger partial charge in [-0.05, 0) is 50.3 Å². The Balaban J connectivity index is 1.36. The lowest BCUT2D eigenvalue weighted by atomic mass is 10.1. The van der Waals surface area contributed by atoms with Crippen LogP contribution in [0.3, 0.4) is 0 Å². The molecule has 0 saturated carbocycles. The number of hydrogen-bond acceptors (Lipinski definition) is 5. The molecule has 0 unspecified atom stereocenters. The second kappa shape index (κ2) is 9.06. The number of carbonyl (C=O) groups excluding carboxylic acids is 1. The van der Waals surface area contributed by atoms with Crippen LogP contribution in [0, 0.1) is 0 Å². The van der Waals surface area contributed by atoms with Crippen LogP contribution < -0.4 is 14.8 Å². The van der Waals surface area contributed by atoms with Gasteiger partial charge in [0.05, 0.1) is 12.7 Å². The zero-order valence-corrected chi connectivity index (χ0v) is 14.8. The summed E-state index contributed by atoms with van der Waals surface area (Å²) >= 11 is 0. The van der Waals surface area contributed by atoms with Gasteiger partial charge in [0.1, 0.15) is 19.3 Å². The lowest BCUT2D eigenvalue weighted by Gasteiger charge is -2.24. The van der Waals surface area contributed by atoms with Crippen molar-refractivity contribution in [2.75, 3.05) is 33.0 Å². The minimum absolute atomic E-state index is 0.0895. The summed E-state index contributed by atoms with van der Waals surface area (Å²) in [7, 11) is 0. The molecule has 0 spiro atoms. The molecule has 25 heavy (non-hydrogen) atoms. The van der Waals surface area contributed by atoms with E-state index < -0.39 is 6.10 Å². The van der Waals surface area contributed by atoms with E-state index >= 15 is 0 Å². The van der Waals surface area contributed by atoms with Crippen LogP contribution >= 0.6 is 0 Å².